The van der Waals surface area contributed by atoms with Crippen molar-refractivity contribution in [1.29, 1.82) is 0 Å². The number of nitrogens with one attached hydrogen (secondary N) is 1. The molecular formula is C24H30FN3O3. The van der Waals surface area contributed by atoms with Gasteiger partial charge in [-0.2, -0.15) is 4.98 Å². The standard InChI is InChI=1S/C24H30FN3O3/c1-3-20-22(27-24(31-20)28-12-15-5-6-16(15)13-28)23(29)26-17-7-9-21(19(25)11-17)30-18-8-4-14(2)10-18/h7,9,11,14-16,18H,3-6,8,10,12-13H2,1-2H3,(H,26,29). The van der Waals surface area contributed by atoms with Gasteiger partial charge in [-0.25, -0.2) is 4.39 Å². The molecule has 31 heavy (non-hydrogen) atoms. The average Bonchev–Trinajstić information content (AvgIpc) is 3.42. The monoisotopic (exact) mass is 427 g/mol. The molecule has 1 amide bonds. The second kappa shape index (κ2) is 8.17. The van der Waals surface area contributed by atoms with Crippen LogP contribution >= 0.6 is 0 Å². The number of hydrogen-bond acceptors (Lipinski definition) is 5. The van der Waals surface area contributed by atoms with Gasteiger partial charge in [-0.1, -0.05) is 13.8 Å². The molecular weight excluding hydrogens is 397 g/mol. The van der Waals surface area contributed by atoms with Crippen LogP contribution in [0.25, 0.3) is 0 Å². The van der Waals surface area contributed by atoms with Crippen molar-refractivity contribution in [2.45, 2.75) is 58.5 Å². The van der Waals surface area contributed by atoms with Crippen LogP contribution in [0.4, 0.5) is 16.1 Å². The molecule has 1 aliphatic heterocycles. The molecule has 3 fully saturated rings. The van der Waals surface area contributed by atoms with Crippen molar-refractivity contribution in [3.63, 3.8) is 0 Å². The highest BCUT2D eigenvalue weighted by Gasteiger charge is 2.41. The van der Waals surface area contributed by atoms with Crippen LogP contribution in [0.5, 0.6) is 5.75 Å². The van der Waals surface area contributed by atoms with E-state index in [1.165, 1.54) is 18.9 Å². The van der Waals surface area contributed by atoms with Crippen LogP contribution in [-0.4, -0.2) is 30.1 Å². The number of anilines is 2. The minimum absolute atomic E-state index is 0.0615. The summed E-state index contributed by atoms with van der Waals surface area (Å²) < 4.78 is 26.3. The molecule has 6 nitrogen and oxygen atoms in total. The maximum absolute atomic E-state index is 14.6. The van der Waals surface area contributed by atoms with Gasteiger partial charge in [-0.3, -0.25) is 4.79 Å². The zero-order chi connectivity index (χ0) is 21.5. The number of nitrogens with zero attached hydrogens (tertiary/aromatic N) is 2. The molecule has 4 unspecified atom stereocenters. The van der Waals surface area contributed by atoms with Crippen molar-refractivity contribution in [1.82, 2.24) is 4.98 Å². The lowest BCUT2D eigenvalue weighted by atomic mass is 9.77. The van der Waals surface area contributed by atoms with Gasteiger partial charge >= 0.3 is 0 Å². The topological polar surface area (TPSA) is 67.6 Å². The second-order valence-corrected chi connectivity index (χ2v) is 9.38. The van der Waals surface area contributed by atoms with Crippen molar-refractivity contribution < 1.29 is 18.3 Å². The fraction of sp³-hybridized carbons (Fsp3) is 0.583. The summed E-state index contributed by atoms with van der Waals surface area (Å²) in [6.45, 7) is 6.01. The summed E-state index contributed by atoms with van der Waals surface area (Å²) in [5.74, 6) is 2.01. The number of aryl methyl sites for hydroxylation is 1. The SMILES string of the molecule is CCc1oc(N2CC3CCC3C2)nc1C(=O)Nc1ccc(OC2CCC(C)C2)c(F)c1. The maximum Gasteiger partial charge on any atom is 0.298 e. The molecule has 0 spiro atoms. The van der Waals surface area contributed by atoms with E-state index in [0.29, 0.717) is 29.8 Å². The number of benzene rings is 1. The number of ether oxygens (including phenoxy) is 1. The highest BCUT2D eigenvalue weighted by atomic mass is 19.1. The van der Waals surface area contributed by atoms with Crippen molar-refractivity contribution in [3.8, 4) is 5.75 Å². The third-order valence-electron chi connectivity index (χ3n) is 7.11. The van der Waals surface area contributed by atoms with Gasteiger partial charge in [-0.05, 0) is 62.0 Å². The van der Waals surface area contributed by atoms with E-state index in [1.807, 2.05) is 6.92 Å². The van der Waals surface area contributed by atoms with Gasteiger partial charge in [0.1, 0.15) is 5.76 Å². The molecule has 0 bridgehead atoms. The van der Waals surface area contributed by atoms with Crippen molar-refractivity contribution in [3.05, 3.63) is 35.5 Å². The maximum atomic E-state index is 14.6. The molecule has 1 N–H and O–H groups in total. The molecule has 0 radical (unpaired) electrons. The van der Waals surface area contributed by atoms with Crippen molar-refractivity contribution >= 4 is 17.6 Å². The smallest absolute Gasteiger partial charge is 0.298 e. The van der Waals surface area contributed by atoms with Gasteiger partial charge in [0.05, 0.1) is 6.10 Å². The van der Waals surface area contributed by atoms with Crippen LogP contribution < -0.4 is 15.0 Å². The third kappa shape index (κ3) is 4.02. The number of halogens is 1. The summed E-state index contributed by atoms with van der Waals surface area (Å²) in [5.41, 5.74) is 0.651. The van der Waals surface area contributed by atoms with E-state index in [4.69, 9.17) is 9.15 Å². The van der Waals surface area contributed by atoms with Gasteiger partial charge in [0, 0.05) is 31.3 Å². The number of rotatable bonds is 6. The highest BCUT2D eigenvalue weighted by molar-refractivity contribution is 6.03. The number of amides is 1. The number of aromatic nitrogens is 1. The number of carbonyl (C=O) groups is 1. The first-order chi connectivity index (χ1) is 15.0. The predicted molar refractivity (Wildman–Crippen MR) is 116 cm³/mol. The Bertz CT molecular complexity index is 963. The number of fused-ring (bicyclic) bond motifs is 1. The Hall–Kier alpha value is -2.57. The predicted octanol–water partition coefficient (Wildman–Crippen LogP) is 5.04. The first-order valence-electron chi connectivity index (χ1n) is 11.5. The lowest BCUT2D eigenvalue weighted by Gasteiger charge is -2.27. The van der Waals surface area contributed by atoms with Crippen LogP contribution in [0, 0.1) is 23.6 Å². The largest absolute Gasteiger partial charge is 0.487 e. The van der Waals surface area contributed by atoms with E-state index in [0.717, 1.165) is 44.2 Å². The number of carbonyl (C=O) groups excluding carboxylic acids is 1. The summed E-state index contributed by atoms with van der Waals surface area (Å²) >= 11 is 0. The van der Waals surface area contributed by atoms with Gasteiger partial charge in [-0.15, -0.1) is 0 Å². The molecule has 3 aliphatic rings. The zero-order valence-corrected chi connectivity index (χ0v) is 18.2. The number of oxazole rings is 1. The van der Waals surface area contributed by atoms with Crippen LogP contribution in [0.1, 0.15) is 62.2 Å². The van der Waals surface area contributed by atoms with Crippen LogP contribution in [0.3, 0.4) is 0 Å². The van der Waals surface area contributed by atoms with E-state index >= 15 is 0 Å². The summed E-state index contributed by atoms with van der Waals surface area (Å²) in [4.78, 5) is 19.5. The van der Waals surface area contributed by atoms with Gasteiger partial charge in [0.15, 0.2) is 17.3 Å². The van der Waals surface area contributed by atoms with E-state index in [9.17, 15) is 9.18 Å². The fourth-order valence-electron chi connectivity index (χ4n) is 5.11. The Morgan fingerprint density at radius 2 is 2.03 bits per heavy atom. The Labute approximate surface area is 182 Å². The van der Waals surface area contributed by atoms with E-state index in [1.54, 1.807) is 12.1 Å². The molecule has 5 rings (SSSR count). The minimum atomic E-state index is -0.471. The van der Waals surface area contributed by atoms with E-state index in [-0.39, 0.29) is 23.5 Å². The molecule has 1 saturated heterocycles. The van der Waals surface area contributed by atoms with Crippen LogP contribution in [-0.2, 0) is 6.42 Å². The normalized spacial score (nSPS) is 27.1. The molecule has 1 aromatic heterocycles. The Morgan fingerprint density at radius 3 is 2.65 bits per heavy atom. The van der Waals surface area contributed by atoms with Gasteiger partial charge < -0.3 is 19.4 Å². The summed E-state index contributed by atoms with van der Waals surface area (Å²) in [7, 11) is 0. The van der Waals surface area contributed by atoms with E-state index in [2.05, 4.69) is 22.1 Å². The molecule has 4 atom stereocenters. The van der Waals surface area contributed by atoms with Crippen molar-refractivity contribution in [2.24, 2.45) is 17.8 Å². The molecule has 1 aromatic carbocycles. The van der Waals surface area contributed by atoms with Crippen molar-refractivity contribution in [2.75, 3.05) is 23.3 Å². The van der Waals surface area contributed by atoms with Gasteiger partial charge in [0.25, 0.3) is 11.9 Å². The zero-order valence-electron chi connectivity index (χ0n) is 18.2. The summed E-state index contributed by atoms with van der Waals surface area (Å²) in [6.07, 6.45) is 6.17. The molecule has 166 valence electrons. The highest BCUT2D eigenvalue weighted by Crippen LogP contribution is 2.42. The first kappa shape index (κ1) is 20.3. The summed E-state index contributed by atoms with van der Waals surface area (Å²) in [5, 5.41) is 2.76. The lowest BCUT2D eigenvalue weighted by Crippen LogP contribution is -2.22. The number of hydrogen-bond donors (Lipinski definition) is 1. The Morgan fingerprint density at radius 1 is 1.26 bits per heavy atom. The quantitative estimate of drug-likeness (QED) is 0.699. The third-order valence-corrected chi connectivity index (χ3v) is 7.11. The minimum Gasteiger partial charge on any atom is -0.487 e. The Kier molecular flexibility index (Phi) is 5.36. The molecule has 2 aromatic rings. The first-order valence-corrected chi connectivity index (χ1v) is 11.5. The van der Waals surface area contributed by atoms with E-state index < -0.39 is 5.82 Å². The Balaban J connectivity index is 1.27. The molecule has 2 heterocycles. The fourth-order valence-corrected chi connectivity index (χ4v) is 5.11. The molecule has 2 aliphatic carbocycles. The molecule has 7 heteroatoms. The lowest BCUT2D eigenvalue weighted by molar-refractivity contribution is 0.102. The average molecular weight is 428 g/mol. The van der Waals surface area contributed by atoms with Gasteiger partial charge in [0.2, 0.25) is 0 Å². The second-order valence-electron chi connectivity index (χ2n) is 9.38. The van der Waals surface area contributed by atoms with Crippen LogP contribution in [0.2, 0.25) is 0 Å². The summed E-state index contributed by atoms with van der Waals surface area (Å²) in [6, 6.07) is 5.08. The molecule has 2 saturated carbocycles. The van der Waals surface area contributed by atoms with Crippen LogP contribution in [0.15, 0.2) is 22.6 Å².